The molecule has 0 bridgehead atoms. The number of benzene rings is 2. The molecule has 0 atom stereocenters. The van der Waals surface area contributed by atoms with Crippen molar-refractivity contribution in [1.82, 2.24) is 14.4 Å². The summed E-state index contributed by atoms with van der Waals surface area (Å²) < 4.78 is 12.6. The molecule has 0 unspecified atom stereocenters. The number of hydrogen-bond donors (Lipinski definition) is 0. The number of rotatable bonds is 5. The molecule has 190 valence electrons. The number of hydrogen-bond acceptors (Lipinski definition) is 5. The zero-order valence-electron chi connectivity index (χ0n) is 21.2. The predicted molar refractivity (Wildman–Crippen MR) is 140 cm³/mol. The molecule has 0 saturated carbocycles. The first-order valence-corrected chi connectivity index (χ1v) is 12.2. The van der Waals surface area contributed by atoms with E-state index in [2.05, 4.69) is 4.90 Å². The maximum absolute atomic E-state index is 13.9. The standard InChI is InChI=1S/C28H34N4O4/c1-29-13-8-16-32(27(33)21-35-2)24-10-5-4-9-23(24)20-31(18-17-29)28(34)22-11-12-26(36-3)25(19-22)30-14-6-7-15-30/h4-7,9-12,14-15,19H,8,13,16-18,20-21H2,1-3H3. The van der Waals surface area contributed by atoms with Crippen molar-refractivity contribution in [3.63, 3.8) is 0 Å². The fourth-order valence-corrected chi connectivity index (χ4v) is 4.55. The molecule has 3 aromatic rings. The highest BCUT2D eigenvalue weighted by Gasteiger charge is 2.24. The third kappa shape index (κ3) is 5.78. The Kier molecular flexibility index (Phi) is 8.40. The molecular formula is C28H34N4O4. The third-order valence-electron chi connectivity index (χ3n) is 6.48. The van der Waals surface area contributed by atoms with E-state index in [-0.39, 0.29) is 18.4 Å². The number of nitrogens with zero attached hydrogens (tertiary/aromatic N) is 4. The summed E-state index contributed by atoms with van der Waals surface area (Å²) >= 11 is 0. The highest BCUT2D eigenvalue weighted by Crippen LogP contribution is 2.27. The maximum Gasteiger partial charge on any atom is 0.254 e. The zero-order valence-corrected chi connectivity index (χ0v) is 21.2. The number of carbonyl (C=O) groups is 2. The smallest absolute Gasteiger partial charge is 0.254 e. The van der Waals surface area contributed by atoms with Gasteiger partial charge in [-0.1, -0.05) is 18.2 Å². The van der Waals surface area contributed by atoms with Crippen LogP contribution in [0.25, 0.3) is 5.69 Å². The van der Waals surface area contributed by atoms with E-state index in [0.29, 0.717) is 30.9 Å². The lowest BCUT2D eigenvalue weighted by molar-refractivity contribution is -0.122. The number of aromatic nitrogens is 1. The maximum atomic E-state index is 13.9. The van der Waals surface area contributed by atoms with E-state index in [0.717, 1.165) is 36.4 Å². The highest BCUT2D eigenvalue weighted by molar-refractivity contribution is 5.96. The van der Waals surface area contributed by atoms with E-state index in [9.17, 15) is 9.59 Å². The Balaban J connectivity index is 1.70. The zero-order chi connectivity index (χ0) is 25.5. The minimum Gasteiger partial charge on any atom is -0.495 e. The third-order valence-corrected chi connectivity index (χ3v) is 6.48. The second kappa shape index (κ2) is 11.9. The van der Waals surface area contributed by atoms with Crippen molar-refractivity contribution < 1.29 is 19.1 Å². The molecule has 1 aromatic heterocycles. The van der Waals surface area contributed by atoms with E-state index in [1.807, 2.05) is 83.5 Å². The lowest BCUT2D eigenvalue weighted by Crippen LogP contribution is -2.37. The van der Waals surface area contributed by atoms with Crippen molar-refractivity contribution in [1.29, 1.82) is 0 Å². The van der Waals surface area contributed by atoms with Crippen LogP contribution in [0.2, 0.25) is 0 Å². The number of likely N-dealkylation sites (N-methyl/N-ethyl adjacent to an activating group) is 1. The summed E-state index contributed by atoms with van der Waals surface area (Å²) in [5.41, 5.74) is 3.14. The molecule has 4 rings (SSSR count). The van der Waals surface area contributed by atoms with Crippen molar-refractivity contribution in [2.75, 3.05) is 59.0 Å². The number of methoxy groups -OCH3 is 2. The van der Waals surface area contributed by atoms with Crippen LogP contribution in [0, 0.1) is 0 Å². The number of anilines is 1. The van der Waals surface area contributed by atoms with Crippen LogP contribution in [0.1, 0.15) is 22.3 Å². The van der Waals surface area contributed by atoms with Crippen LogP contribution in [0.15, 0.2) is 67.0 Å². The van der Waals surface area contributed by atoms with E-state index in [4.69, 9.17) is 9.47 Å². The molecule has 1 aliphatic rings. The van der Waals surface area contributed by atoms with E-state index in [1.54, 1.807) is 12.0 Å². The summed E-state index contributed by atoms with van der Waals surface area (Å²) in [6.45, 7) is 3.13. The molecule has 0 N–H and O–H groups in total. The molecule has 2 aromatic carbocycles. The van der Waals surface area contributed by atoms with Crippen molar-refractivity contribution in [2.45, 2.75) is 13.0 Å². The minimum absolute atomic E-state index is 0.0147. The van der Waals surface area contributed by atoms with Gasteiger partial charge in [0.15, 0.2) is 0 Å². The molecule has 2 heterocycles. The number of carbonyl (C=O) groups excluding carboxylic acids is 2. The molecule has 8 nitrogen and oxygen atoms in total. The van der Waals surface area contributed by atoms with Crippen LogP contribution in [-0.4, -0.2) is 80.2 Å². The van der Waals surface area contributed by atoms with Crippen LogP contribution in [0.5, 0.6) is 5.75 Å². The van der Waals surface area contributed by atoms with Gasteiger partial charge in [-0.3, -0.25) is 9.59 Å². The summed E-state index contributed by atoms with van der Waals surface area (Å²) in [6.07, 6.45) is 4.68. The van der Waals surface area contributed by atoms with Crippen molar-refractivity contribution in [3.05, 3.63) is 78.1 Å². The Morgan fingerprint density at radius 1 is 0.889 bits per heavy atom. The van der Waals surface area contributed by atoms with Crippen LogP contribution in [0.3, 0.4) is 0 Å². The Hall–Kier alpha value is -3.62. The van der Waals surface area contributed by atoms with Gasteiger partial charge >= 0.3 is 0 Å². The van der Waals surface area contributed by atoms with Gasteiger partial charge in [0.1, 0.15) is 12.4 Å². The SMILES string of the molecule is COCC(=O)N1CCCN(C)CCN(C(=O)c2ccc(OC)c(-n3cccc3)c2)Cc2ccccc21. The van der Waals surface area contributed by atoms with Crippen LogP contribution in [-0.2, 0) is 16.1 Å². The second-order valence-corrected chi connectivity index (χ2v) is 8.97. The van der Waals surface area contributed by atoms with E-state index < -0.39 is 0 Å². The first-order chi connectivity index (χ1) is 17.5. The minimum atomic E-state index is -0.0868. The van der Waals surface area contributed by atoms with Crippen molar-refractivity contribution in [2.24, 2.45) is 0 Å². The fourth-order valence-electron chi connectivity index (χ4n) is 4.55. The lowest BCUT2D eigenvalue weighted by Gasteiger charge is -2.28. The number of para-hydroxylation sites is 1. The number of amides is 2. The van der Waals surface area contributed by atoms with Gasteiger partial charge in [0, 0.05) is 56.9 Å². The Morgan fingerprint density at radius 3 is 2.42 bits per heavy atom. The second-order valence-electron chi connectivity index (χ2n) is 8.97. The highest BCUT2D eigenvalue weighted by atomic mass is 16.5. The van der Waals surface area contributed by atoms with E-state index >= 15 is 0 Å². The first-order valence-electron chi connectivity index (χ1n) is 12.2. The van der Waals surface area contributed by atoms with Crippen LogP contribution in [0.4, 0.5) is 5.69 Å². The Labute approximate surface area is 212 Å². The van der Waals surface area contributed by atoms with Gasteiger partial charge < -0.3 is 28.7 Å². The monoisotopic (exact) mass is 490 g/mol. The molecule has 0 fully saturated rings. The summed E-state index contributed by atoms with van der Waals surface area (Å²) in [7, 11) is 5.20. The van der Waals surface area contributed by atoms with Gasteiger partial charge in [-0.15, -0.1) is 0 Å². The fraction of sp³-hybridized carbons (Fsp3) is 0.357. The average molecular weight is 491 g/mol. The molecule has 2 amide bonds. The normalized spacial score (nSPS) is 15.2. The predicted octanol–water partition coefficient (Wildman–Crippen LogP) is 3.44. The molecular weight excluding hydrogens is 456 g/mol. The van der Waals surface area contributed by atoms with Crippen molar-refractivity contribution in [3.8, 4) is 11.4 Å². The first kappa shape index (κ1) is 25.5. The molecule has 0 aliphatic carbocycles. The molecule has 8 heteroatoms. The van der Waals surface area contributed by atoms with Crippen molar-refractivity contribution >= 4 is 17.5 Å². The average Bonchev–Trinajstić information content (AvgIpc) is 3.42. The van der Waals surface area contributed by atoms with Gasteiger partial charge in [0.2, 0.25) is 0 Å². The quantitative estimate of drug-likeness (QED) is 0.548. The van der Waals surface area contributed by atoms with E-state index in [1.165, 1.54) is 7.11 Å². The number of fused-ring (bicyclic) bond motifs is 1. The largest absolute Gasteiger partial charge is 0.495 e. The molecule has 0 saturated heterocycles. The van der Waals surface area contributed by atoms with Crippen LogP contribution >= 0.6 is 0 Å². The summed E-state index contributed by atoms with van der Waals surface area (Å²) in [5.74, 6) is 0.539. The van der Waals surface area contributed by atoms with Gasteiger partial charge in [-0.05, 0) is 62.0 Å². The molecule has 36 heavy (non-hydrogen) atoms. The summed E-state index contributed by atoms with van der Waals surface area (Å²) in [5, 5.41) is 0. The Morgan fingerprint density at radius 2 is 1.67 bits per heavy atom. The van der Waals surface area contributed by atoms with Gasteiger partial charge in [0.25, 0.3) is 11.8 Å². The van der Waals surface area contributed by atoms with Gasteiger partial charge in [-0.25, -0.2) is 0 Å². The molecule has 0 spiro atoms. The molecule has 1 aliphatic heterocycles. The van der Waals surface area contributed by atoms with Crippen LogP contribution < -0.4 is 9.64 Å². The Bertz CT molecular complexity index is 1180. The number of ether oxygens (including phenoxy) is 2. The van der Waals surface area contributed by atoms with Gasteiger partial charge in [0.05, 0.1) is 12.8 Å². The topological polar surface area (TPSA) is 67.2 Å². The van der Waals surface area contributed by atoms with Gasteiger partial charge in [-0.2, -0.15) is 0 Å². The summed E-state index contributed by atoms with van der Waals surface area (Å²) in [6, 6.07) is 17.2. The summed E-state index contributed by atoms with van der Waals surface area (Å²) in [4.78, 5) is 32.6. The lowest BCUT2D eigenvalue weighted by atomic mass is 10.1. The molecule has 0 radical (unpaired) electrons.